The average Bonchev–Trinajstić information content (AvgIpc) is 2.67. The summed E-state index contributed by atoms with van der Waals surface area (Å²) in [5.41, 5.74) is 2.20. The predicted molar refractivity (Wildman–Crippen MR) is 117 cm³/mol. The van der Waals surface area contributed by atoms with Gasteiger partial charge in [-0.15, -0.1) is 0 Å². The highest BCUT2D eigenvalue weighted by molar-refractivity contribution is 7.92. The lowest BCUT2D eigenvalue weighted by molar-refractivity contribution is 0.412. The maximum absolute atomic E-state index is 13.5. The molecule has 0 radical (unpaired) electrons. The molecule has 2 aromatic carbocycles. The highest BCUT2D eigenvalue weighted by Crippen LogP contribution is 2.28. The molecule has 158 valence electrons. The molecule has 1 atom stereocenters. The Morgan fingerprint density at radius 1 is 1.20 bits per heavy atom. The molecular weight excluding hydrogens is 405 g/mol. The Bertz CT molecular complexity index is 1160. The van der Waals surface area contributed by atoms with Gasteiger partial charge in [0.05, 0.1) is 24.5 Å². The molecule has 0 amide bonds. The summed E-state index contributed by atoms with van der Waals surface area (Å²) in [7, 11) is -0.856. The van der Waals surface area contributed by atoms with Crippen LogP contribution in [0.3, 0.4) is 0 Å². The van der Waals surface area contributed by atoms with Crippen LogP contribution in [0.5, 0.6) is 5.75 Å². The van der Waals surface area contributed by atoms with E-state index >= 15 is 0 Å². The first-order valence-corrected chi connectivity index (χ1v) is 11.4. The van der Waals surface area contributed by atoms with E-state index in [1.54, 1.807) is 12.3 Å². The van der Waals surface area contributed by atoms with Crippen LogP contribution in [0.4, 0.5) is 16.0 Å². The fraction of sp³-hybridized carbons (Fsp3) is 0.286. The van der Waals surface area contributed by atoms with Crippen molar-refractivity contribution in [3.63, 3.8) is 0 Å². The van der Waals surface area contributed by atoms with Crippen molar-refractivity contribution in [2.24, 2.45) is 4.36 Å². The summed E-state index contributed by atoms with van der Waals surface area (Å²) in [6, 6.07) is 11.7. The summed E-state index contributed by atoms with van der Waals surface area (Å²) in [6.07, 6.45) is 3.04. The van der Waals surface area contributed by atoms with Crippen LogP contribution in [0, 0.1) is 5.82 Å². The normalized spacial score (nSPS) is 13.0. The standard InChI is InChI=1S/C21H24FN5O2S/c1-14(2)27-30(4,28)12-15-6-5-7-17(10-15)25-21-24-13-23-20(26-21)18-9-8-16(22)11-19(18)29-3/h5-11,13-14H,12H2,1-4H3,(H,23,24,25,26)/t30-/m0/s1. The van der Waals surface area contributed by atoms with E-state index in [1.807, 2.05) is 38.1 Å². The number of hydrogen-bond donors (Lipinski definition) is 1. The summed E-state index contributed by atoms with van der Waals surface area (Å²) in [5.74, 6) is 0.966. The van der Waals surface area contributed by atoms with Gasteiger partial charge in [-0.25, -0.2) is 22.9 Å². The quantitative estimate of drug-likeness (QED) is 0.597. The van der Waals surface area contributed by atoms with E-state index in [4.69, 9.17) is 4.74 Å². The van der Waals surface area contributed by atoms with Crippen LogP contribution in [0.1, 0.15) is 19.4 Å². The molecule has 3 aromatic rings. The lowest BCUT2D eigenvalue weighted by atomic mass is 10.2. The smallest absolute Gasteiger partial charge is 0.230 e. The molecule has 0 aliphatic heterocycles. The first kappa shape index (κ1) is 21.6. The number of nitrogens with zero attached hydrogens (tertiary/aromatic N) is 4. The van der Waals surface area contributed by atoms with Crippen LogP contribution in [0.25, 0.3) is 11.4 Å². The summed E-state index contributed by atoms with van der Waals surface area (Å²) >= 11 is 0. The van der Waals surface area contributed by atoms with Crippen molar-refractivity contribution < 1.29 is 13.3 Å². The molecule has 0 aliphatic carbocycles. The molecule has 0 fully saturated rings. The average molecular weight is 430 g/mol. The molecule has 1 aromatic heterocycles. The summed E-state index contributed by atoms with van der Waals surface area (Å²) in [4.78, 5) is 12.7. The van der Waals surface area contributed by atoms with Crippen LogP contribution < -0.4 is 10.1 Å². The largest absolute Gasteiger partial charge is 0.496 e. The molecular formula is C21H24FN5O2S. The van der Waals surface area contributed by atoms with Gasteiger partial charge in [-0.05, 0) is 43.7 Å². The molecule has 0 saturated carbocycles. The Hall–Kier alpha value is -3.07. The molecule has 0 saturated heterocycles. The number of methoxy groups -OCH3 is 1. The van der Waals surface area contributed by atoms with Gasteiger partial charge in [0, 0.05) is 27.7 Å². The van der Waals surface area contributed by atoms with E-state index in [-0.39, 0.29) is 6.04 Å². The fourth-order valence-corrected chi connectivity index (χ4v) is 4.76. The van der Waals surface area contributed by atoms with Gasteiger partial charge in [-0.2, -0.15) is 4.98 Å². The summed E-state index contributed by atoms with van der Waals surface area (Å²) in [6.45, 7) is 3.82. The third-order valence-electron chi connectivity index (χ3n) is 4.03. The molecule has 0 unspecified atom stereocenters. The molecule has 3 rings (SSSR count). The third-order valence-corrected chi connectivity index (χ3v) is 5.76. The van der Waals surface area contributed by atoms with Crippen LogP contribution in [-0.2, 0) is 15.5 Å². The molecule has 1 heterocycles. The van der Waals surface area contributed by atoms with E-state index in [2.05, 4.69) is 24.6 Å². The Morgan fingerprint density at radius 3 is 2.73 bits per heavy atom. The zero-order valence-electron chi connectivity index (χ0n) is 17.3. The SMILES string of the molecule is COc1cc(F)ccc1-c1ncnc(Nc2cccc(C[S@](C)(=O)=NC(C)C)c2)n1. The van der Waals surface area contributed by atoms with E-state index in [0.717, 1.165) is 11.3 Å². The predicted octanol–water partition coefficient (Wildman–Crippen LogP) is 4.44. The third kappa shape index (κ3) is 5.73. The van der Waals surface area contributed by atoms with Crippen LogP contribution in [0.2, 0.25) is 0 Å². The zero-order valence-corrected chi connectivity index (χ0v) is 18.1. The minimum absolute atomic E-state index is 0.0101. The number of ether oxygens (including phenoxy) is 1. The maximum atomic E-state index is 13.5. The van der Waals surface area contributed by atoms with Crippen LogP contribution in [0.15, 0.2) is 53.2 Å². The van der Waals surface area contributed by atoms with Crippen molar-refractivity contribution in [3.8, 4) is 17.1 Å². The van der Waals surface area contributed by atoms with Gasteiger partial charge >= 0.3 is 0 Å². The Labute approximate surface area is 176 Å². The van der Waals surface area contributed by atoms with Gasteiger partial charge in [0.2, 0.25) is 5.95 Å². The van der Waals surface area contributed by atoms with E-state index in [0.29, 0.717) is 28.8 Å². The van der Waals surface area contributed by atoms with E-state index in [1.165, 1.54) is 25.6 Å². The summed E-state index contributed by atoms with van der Waals surface area (Å²) < 4.78 is 35.7. The van der Waals surface area contributed by atoms with Gasteiger partial charge in [0.1, 0.15) is 17.9 Å². The van der Waals surface area contributed by atoms with Crippen molar-refractivity contribution in [1.82, 2.24) is 15.0 Å². The van der Waals surface area contributed by atoms with E-state index < -0.39 is 15.5 Å². The zero-order chi connectivity index (χ0) is 21.7. The first-order valence-electron chi connectivity index (χ1n) is 9.33. The van der Waals surface area contributed by atoms with Gasteiger partial charge < -0.3 is 10.1 Å². The number of benzene rings is 2. The van der Waals surface area contributed by atoms with Gasteiger partial charge in [-0.1, -0.05) is 12.1 Å². The molecule has 1 N–H and O–H groups in total. The lowest BCUT2D eigenvalue weighted by Gasteiger charge is -2.11. The molecule has 30 heavy (non-hydrogen) atoms. The first-order chi connectivity index (χ1) is 14.3. The number of hydrogen-bond acceptors (Lipinski definition) is 7. The molecule has 0 spiro atoms. The monoisotopic (exact) mass is 429 g/mol. The molecule has 7 nitrogen and oxygen atoms in total. The fourth-order valence-electron chi connectivity index (χ4n) is 3.00. The second-order valence-electron chi connectivity index (χ2n) is 7.11. The lowest BCUT2D eigenvalue weighted by Crippen LogP contribution is -2.06. The van der Waals surface area contributed by atoms with Crippen LogP contribution >= 0.6 is 0 Å². The highest BCUT2D eigenvalue weighted by Gasteiger charge is 2.12. The topological polar surface area (TPSA) is 89.4 Å². The van der Waals surface area contributed by atoms with Gasteiger partial charge in [-0.3, -0.25) is 0 Å². The second kappa shape index (κ2) is 9.17. The number of nitrogens with one attached hydrogen (secondary N) is 1. The van der Waals surface area contributed by atoms with Crippen molar-refractivity contribution >= 4 is 21.4 Å². The highest BCUT2D eigenvalue weighted by atomic mass is 32.2. The van der Waals surface area contributed by atoms with Crippen molar-refractivity contribution in [2.75, 3.05) is 18.7 Å². The number of aromatic nitrogens is 3. The summed E-state index contributed by atoms with van der Waals surface area (Å²) in [5, 5.41) is 3.13. The minimum Gasteiger partial charge on any atom is -0.496 e. The van der Waals surface area contributed by atoms with E-state index in [9.17, 15) is 8.60 Å². The number of halogens is 1. The Balaban J connectivity index is 1.85. The molecule has 0 aliphatic rings. The number of rotatable bonds is 7. The Kier molecular flexibility index (Phi) is 6.61. The minimum atomic E-state index is -2.32. The maximum Gasteiger partial charge on any atom is 0.230 e. The van der Waals surface area contributed by atoms with Gasteiger partial charge in [0.15, 0.2) is 5.82 Å². The van der Waals surface area contributed by atoms with Crippen LogP contribution in [-0.4, -0.2) is 38.6 Å². The molecule has 0 bridgehead atoms. The van der Waals surface area contributed by atoms with Crippen molar-refractivity contribution in [2.45, 2.75) is 25.6 Å². The number of anilines is 2. The van der Waals surface area contributed by atoms with Gasteiger partial charge in [0.25, 0.3) is 0 Å². The van der Waals surface area contributed by atoms with Crippen molar-refractivity contribution in [3.05, 3.63) is 60.2 Å². The van der Waals surface area contributed by atoms with Crippen molar-refractivity contribution in [1.29, 1.82) is 0 Å². The Morgan fingerprint density at radius 2 is 2.00 bits per heavy atom. The second-order valence-corrected chi connectivity index (χ2v) is 9.52. The molecule has 9 heteroatoms.